The molecule has 2 aromatic rings. The van der Waals surface area contributed by atoms with E-state index in [1.807, 2.05) is 13.8 Å². The van der Waals surface area contributed by atoms with Crippen molar-refractivity contribution in [3.05, 3.63) is 50.7 Å². The average molecular weight is 478 g/mol. The fourth-order valence-electron chi connectivity index (χ4n) is 3.86. The largest absolute Gasteiger partial charge is 0.383 e. The van der Waals surface area contributed by atoms with E-state index in [1.54, 1.807) is 24.3 Å². The molecule has 1 aromatic carbocycles. The lowest BCUT2D eigenvalue weighted by Crippen LogP contribution is -2.41. The summed E-state index contributed by atoms with van der Waals surface area (Å²) in [5.41, 5.74) is 5.65. The van der Waals surface area contributed by atoms with Gasteiger partial charge in [-0.05, 0) is 43.5 Å². The highest BCUT2D eigenvalue weighted by atomic mass is 32.2. The van der Waals surface area contributed by atoms with E-state index in [4.69, 9.17) is 5.73 Å². The van der Waals surface area contributed by atoms with Gasteiger partial charge in [-0.3, -0.25) is 23.4 Å². The van der Waals surface area contributed by atoms with Gasteiger partial charge >= 0.3 is 5.69 Å². The van der Waals surface area contributed by atoms with E-state index in [0.717, 1.165) is 12.8 Å². The van der Waals surface area contributed by atoms with Gasteiger partial charge in [-0.1, -0.05) is 26.7 Å². The second-order valence-electron chi connectivity index (χ2n) is 8.10. The van der Waals surface area contributed by atoms with Crippen LogP contribution in [0.4, 0.5) is 17.2 Å². The summed E-state index contributed by atoms with van der Waals surface area (Å²) in [5, 5.41) is 0. The molecule has 0 saturated carbocycles. The minimum absolute atomic E-state index is 0.0403. The van der Waals surface area contributed by atoms with Gasteiger partial charge in [0.1, 0.15) is 5.82 Å². The van der Waals surface area contributed by atoms with E-state index in [-0.39, 0.29) is 29.4 Å². The lowest BCUT2D eigenvalue weighted by atomic mass is 10.1. The average Bonchev–Trinajstić information content (AvgIpc) is 3.14. The summed E-state index contributed by atoms with van der Waals surface area (Å²) < 4.78 is 27.0. The molecule has 0 radical (unpaired) electrons. The molecular formula is C22H31N5O5S. The molecule has 3 rings (SSSR count). The lowest BCUT2D eigenvalue weighted by Gasteiger charge is -2.25. The van der Waals surface area contributed by atoms with Crippen LogP contribution in [0.3, 0.4) is 0 Å². The molecule has 11 heteroatoms. The van der Waals surface area contributed by atoms with Crippen molar-refractivity contribution in [3.8, 4) is 0 Å². The summed E-state index contributed by atoms with van der Waals surface area (Å²) in [6.45, 7) is 4.92. The predicted octanol–water partition coefficient (Wildman–Crippen LogP) is 1.91. The predicted molar refractivity (Wildman–Crippen MR) is 129 cm³/mol. The van der Waals surface area contributed by atoms with Gasteiger partial charge in [0.25, 0.3) is 11.5 Å². The standard InChI is InChI=1S/C22H31N5O5S/c1-3-5-12-25(18-19(23)26(13-6-4-2)22(30)24-20(18)28)21(29)16-8-10-17(11-9-16)27-14-7-15-33(27,31)32/h8-11H,3-7,12-15,23H2,1-2H3,(H,24,28,30). The Morgan fingerprint density at radius 2 is 1.79 bits per heavy atom. The number of hydrogen-bond acceptors (Lipinski definition) is 6. The number of hydrogen-bond donors (Lipinski definition) is 2. The number of carbonyl (C=O) groups excluding carboxylic acids is 1. The van der Waals surface area contributed by atoms with E-state index < -0.39 is 27.2 Å². The van der Waals surface area contributed by atoms with Crippen LogP contribution >= 0.6 is 0 Å². The monoisotopic (exact) mass is 477 g/mol. The highest BCUT2D eigenvalue weighted by Gasteiger charge is 2.29. The molecule has 1 fully saturated rings. The zero-order valence-electron chi connectivity index (χ0n) is 19.0. The van der Waals surface area contributed by atoms with E-state index in [9.17, 15) is 22.8 Å². The summed E-state index contributed by atoms with van der Waals surface area (Å²) in [7, 11) is -3.33. The number of aromatic amines is 1. The number of aromatic nitrogens is 2. The molecule has 1 saturated heterocycles. The Labute approximate surface area is 193 Å². The smallest absolute Gasteiger partial charge is 0.330 e. The number of nitrogens with two attached hydrogens (primary N) is 1. The summed E-state index contributed by atoms with van der Waals surface area (Å²) in [6.07, 6.45) is 3.49. The molecule has 1 aromatic heterocycles. The van der Waals surface area contributed by atoms with Gasteiger partial charge in [0.05, 0.1) is 11.4 Å². The van der Waals surface area contributed by atoms with Gasteiger partial charge in [-0.15, -0.1) is 0 Å². The molecule has 10 nitrogen and oxygen atoms in total. The number of carbonyl (C=O) groups is 1. The van der Waals surface area contributed by atoms with Crippen LogP contribution in [-0.4, -0.2) is 42.7 Å². The van der Waals surface area contributed by atoms with Gasteiger partial charge < -0.3 is 10.6 Å². The van der Waals surface area contributed by atoms with Crippen molar-refractivity contribution in [1.82, 2.24) is 9.55 Å². The molecule has 0 atom stereocenters. The number of benzene rings is 1. The van der Waals surface area contributed by atoms with Gasteiger partial charge in [-0.25, -0.2) is 13.2 Å². The topological polar surface area (TPSA) is 139 Å². The molecular weight excluding hydrogens is 446 g/mol. The van der Waals surface area contributed by atoms with Crippen LogP contribution in [0.15, 0.2) is 33.9 Å². The van der Waals surface area contributed by atoms with Crippen molar-refractivity contribution in [2.75, 3.05) is 33.8 Å². The van der Waals surface area contributed by atoms with E-state index in [0.29, 0.717) is 38.0 Å². The van der Waals surface area contributed by atoms with Crippen LogP contribution in [-0.2, 0) is 16.6 Å². The molecule has 3 N–H and O–H groups in total. The van der Waals surface area contributed by atoms with Crippen molar-refractivity contribution in [2.45, 2.75) is 52.5 Å². The first-order valence-electron chi connectivity index (χ1n) is 11.3. The van der Waals surface area contributed by atoms with E-state index in [1.165, 1.54) is 13.8 Å². The number of unbranched alkanes of at least 4 members (excludes halogenated alkanes) is 2. The molecule has 1 amide bonds. The highest BCUT2D eigenvalue weighted by Crippen LogP contribution is 2.26. The van der Waals surface area contributed by atoms with Crippen molar-refractivity contribution >= 4 is 33.1 Å². The van der Waals surface area contributed by atoms with Crippen molar-refractivity contribution in [3.63, 3.8) is 0 Å². The van der Waals surface area contributed by atoms with Gasteiger partial charge in [0.2, 0.25) is 10.0 Å². The number of amides is 1. The molecule has 0 bridgehead atoms. The first kappa shape index (κ1) is 24.6. The Balaban J connectivity index is 1.99. The maximum Gasteiger partial charge on any atom is 0.330 e. The molecule has 2 heterocycles. The third kappa shape index (κ3) is 5.13. The van der Waals surface area contributed by atoms with Gasteiger partial charge in [-0.2, -0.15) is 0 Å². The minimum atomic E-state index is -3.33. The number of rotatable bonds is 9. The second-order valence-corrected chi connectivity index (χ2v) is 10.1. The first-order chi connectivity index (χ1) is 15.7. The molecule has 0 aliphatic carbocycles. The minimum Gasteiger partial charge on any atom is -0.383 e. The van der Waals surface area contributed by atoms with Crippen molar-refractivity contribution in [1.29, 1.82) is 0 Å². The van der Waals surface area contributed by atoms with Crippen LogP contribution in [0.25, 0.3) is 0 Å². The summed E-state index contributed by atoms with van der Waals surface area (Å²) in [4.78, 5) is 42.0. The van der Waals surface area contributed by atoms with E-state index in [2.05, 4.69) is 4.98 Å². The Bertz CT molecular complexity index is 1220. The molecule has 180 valence electrons. The third-order valence-electron chi connectivity index (χ3n) is 5.70. The number of H-pyrrole nitrogens is 1. The molecule has 1 aliphatic heterocycles. The maximum absolute atomic E-state index is 13.4. The fraction of sp³-hybridized carbons (Fsp3) is 0.500. The zero-order chi connectivity index (χ0) is 24.2. The van der Waals surface area contributed by atoms with Crippen LogP contribution in [0, 0.1) is 0 Å². The lowest BCUT2D eigenvalue weighted by molar-refractivity contribution is 0.0986. The van der Waals surface area contributed by atoms with E-state index >= 15 is 0 Å². The van der Waals surface area contributed by atoms with Gasteiger partial charge in [0.15, 0.2) is 5.69 Å². The van der Waals surface area contributed by atoms with Crippen LogP contribution in [0.1, 0.15) is 56.3 Å². The first-order valence-corrected chi connectivity index (χ1v) is 12.9. The SMILES string of the molecule is CCCCN(C(=O)c1ccc(N2CCCS2(=O)=O)cc1)c1c(N)n(CCCC)c(=O)[nH]c1=O. The van der Waals surface area contributed by atoms with Crippen LogP contribution in [0.5, 0.6) is 0 Å². The van der Waals surface area contributed by atoms with Crippen molar-refractivity contribution < 1.29 is 13.2 Å². The molecule has 1 aliphatic rings. The Morgan fingerprint density at radius 1 is 1.12 bits per heavy atom. The normalized spacial score (nSPS) is 15.0. The number of nitrogens with zero attached hydrogens (tertiary/aromatic N) is 3. The Hall–Kier alpha value is -3.08. The third-order valence-corrected chi connectivity index (χ3v) is 7.57. The Kier molecular flexibility index (Phi) is 7.62. The van der Waals surface area contributed by atoms with Crippen LogP contribution < -0.4 is 26.2 Å². The molecule has 0 unspecified atom stereocenters. The van der Waals surface area contributed by atoms with Gasteiger partial charge in [0, 0.05) is 25.2 Å². The number of nitrogens with one attached hydrogen (secondary N) is 1. The number of nitrogen functional groups attached to an aromatic ring is 1. The second kappa shape index (κ2) is 10.2. The van der Waals surface area contributed by atoms with Crippen molar-refractivity contribution in [2.24, 2.45) is 0 Å². The fourth-order valence-corrected chi connectivity index (χ4v) is 5.43. The number of anilines is 3. The zero-order valence-corrected chi connectivity index (χ0v) is 19.9. The summed E-state index contributed by atoms with van der Waals surface area (Å²) in [5.74, 6) is -0.382. The van der Waals surface area contributed by atoms with Crippen LogP contribution in [0.2, 0.25) is 0 Å². The quantitative estimate of drug-likeness (QED) is 0.566. The number of sulfonamides is 1. The summed E-state index contributed by atoms with van der Waals surface area (Å²) >= 11 is 0. The molecule has 33 heavy (non-hydrogen) atoms. The maximum atomic E-state index is 13.4. The Morgan fingerprint density at radius 3 is 2.36 bits per heavy atom. The highest BCUT2D eigenvalue weighted by molar-refractivity contribution is 7.93. The molecule has 0 spiro atoms. The summed E-state index contributed by atoms with van der Waals surface area (Å²) in [6, 6.07) is 6.26.